The zero-order chi connectivity index (χ0) is 27.9. The number of aliphatic hydroxyl groups excluding tert-OH is 2. The molecule has 0 aliphatic carbocycles. The van der Waals surface area contributed by atoms with Gasteiger partial charge >= 0.3 is 5.91 Å². The highest BCUT2D eigenvalue weighted by molar-refractivity contribution is 6.30. The SMILES string of the molecule is C[N+](C(=O)c1ccc(Cl)cc1)(c1ccc(CC[C@H](N)CO)cc1)c1cc(CC[C@H](N)CO)ccc1C(N)=O. The lowest BCUT2D eigenvalue weighted by Crippen LogP contribution is -2.47. The molecule has 9 heteroatoms. The molecule has 0 heterocycles. The van der Waals surface area contributed by atoms with Crippen LogP contribution >= 0.6 is 11.6 Å². The van der Waals surface area contributed by atoms with Gasteiger partial charge in [-0.05, 0) is 67.1 Å². The van der Waals surface area contributed by atoms with Crippen molar-refractivity contribution in [2.75, 3.05) is 20.3 Å². The van der Waals surface area contributed by atoms with Crippen molar-refractivity contribution in [3.63, 3.8) is 0 Å². The standard InChI is InChI=1S/C29H35ClN4O4/c1-34(29(38)21-7-9-22(30)10-8-21,25-13-4-19(5-14-25)2-11-23(31)17-35)27-16-20(3-12-24(32)18-36)6-15-26(27)28(33)37/h4-10,13-16,23-24,35-36H,2-3,11-12,17-18,31-32H2,1H3,(H-,33,37)/p+1/t23-,24-,34?/m0/s1. The highest BCUT2D eigenvalue weighted by Gasteiger charge is 2.41. The second kappa shape index (κ2) is 13.1. The molecule has 0 aliphatic heterocycles. The fourth-order valence-corrected chi connectivity index (χ4v) is 4.50. The first kappa shape index (κ1) is 29.4. The van der Waals surface area contributed by atoms with Crippen LogP contribution < -0.4 is 21.7 Å². The number of halogens is 1. The van der Waals surface area contributed by atoms with Crippen molar-refractivity contribution in [2.45, 2.75) is 37.8 Å². The number of primary amides is 1. The Kier molecular flexibility index (Phi) is 10.2. The molecule has 3 atom stereocenters. The topological polar surface area (TPSA) is 153 Å². The molecule has 0 radical (unpaired) electrons. The summed E-state index contributed by atoms with van der Waals surface area (Å²) >= 11 is 6.07. The van der Waals surface area contributed by atoms with E-state index in [4.69, 9.17) is 28.8 Å². The highest BCUT2D eigenvalue weighted by atomic mass is 35.5. The van der Waals surface area contributed by atoms with Crippen LogP contribution in [0, 0.1) is 0 Å². The third kappa shape index (κ3) is 6.85. The second-order valence-corrected chi connectivity index (χ2v) is 10.1. The summed E-state index contributed by atoms with van der Waals surface area (Å²) < 4.78 is -0.351. The molecule has 0 saturated carbocycles. The normalized spacial score (nSPS) is 14.5. The van der Waals surface area contributed by atoms with Gasteiger partial charge in [-0.1, -0.05) is 29.8 Å². The van der Waals surface area contributed by atoms with Gasteiger partial charge in [0, 0.05) is 35.3 Å². The monoisotopic (exact) mass is 539 g/mol. The van der Waals surface area contributed by atoms with Crippen LogP contribution in [0.3, 0.4) is 0 Å². The number of carbonyl (C=O) groups excluding carboxylic acids is 2. The van der Waals surface area contributed by atoms with Crippen molar-refractivity contribution in [3.05, 3.63) is 94.0 Å². The molecule has 3 aromatic carbocycles. The van der Waals surface area contributed by atoms with Gasteiger partial charge in [0.25, 0.3) is 5.91 Å². The van der Waals surface area contributed by atoms with Gasteiger partial charge in [0.1, 0.15) is 11.3 Å². The average Bonchev–Trinajstić information content (AvgIpc) is 2.94. The van der Waals surface area contributed by atoms with Crippen LogP contribution in [-0.2, 0) is 12.8 Å². The molecule has 0 aromatic heterocycles. The summed E-state index contributed by atoms with van der Waals surface area (Å²) in [5, 5.41) is 19.0. The van der Waals surface area contributed by atoms with Crippen molar-refractivity contribution >= 4 is 34.8 Å². The summed E-state index contributed by atoms with van der Waals surface area (Å²) in [6.45, 7) is -0.220. The molecule has 202 valence electrons. The molecule has 3 rings (SSSR count). The van der Waals surface area contributed by atoms with Crippen molar-refractivity contribution < 1.29 is 19.8 Å². The van der Waals surface area contributed by atoms with Crippen molar-refractivity contribution in [1.82, 2.24) is 4.48 Å². The Bertz CT molecular complexity index is 1250. The van der Waals surface area contributed by atoms with Crippen molar-refractivity contribution in [1.29, 1.82) is 0 Å². The van der Waals surface area contributed by atoms with E-state index >= 15 is 0 Å². The summed E-state index contributed by atoms with van der Waals surface area (Å²) in [5.74, 6) is -0.926. The summed E-state index contributed by atoms with van der Waals surface area (Å²) in [6.07, 6.45) is 2.37. The minimum Gasteiger partial charge on any atom is -0.395 e. The van der Waals surface area contributed by atoms with Gasteiger partial charge in [-0.25, -0.2) is 4.79 Å². The number of amides is 2. The highest BCUT2D eigenvalue weighted by Crippen LogP contribution is 2.38. The lowest BCUT2D eigenvalue weighted by molar-refractivity contribution is 0.0859. The minimum absolute atomic E-state index is 0.0852. The lowest BCUT2D eigenvalue weighted by Gasteiger charge is -2.32. The lowest BCUT2D eigenvalue weighted by atomic mass is 9.98. The van der Waals surface area contributed by atoms with Crippen LogP contribution in [0.15, 0.2) is 66.7 Å². The predicted octanol–water partition coefficient (Wildman–Crippen LogP) is 3.05. The van der Waals surface area contributed by atoms with E-state index in [2.05, 4.69) is 0 Å². The van der Waals surface area contributed by atoms with Crippen LogP contribution in [-0.4, -0.2) is 54.4 Å². The fraction of sp³-hybridized carbons (Fsp3) is 0.310. The third-order valence-corrected chi connectivity index (χ3v) is 7.09. The Labute approximate surface area is 228 Å². The number of carbonyl (C=O) groups is 2. The van der Waals surface area contributed by atoms with E-state index in [0.29, 0.717) is 47.6 Å². The van der Waals surface area contributed by atoms with Crippen LogP contribution in [0.5, 0.6) is 0 Å². The van der Waals surface area contributed by atoms with E-state index in [-0.39, 0.29) is 41.3 Å². The van der Waals surface area contributed by atoms with Gasteiger partial charge in [0.05, 0.1) is 25.8 Å². The zero-order valence-corrected chi connectivity index (χ0v) is 22.3. The Hall–Kier alpha value is -3.11. The summed E-state index contributed by atoms with van der Waals surface area (Å²) in [6, 6.07) is 18.7. The molecule has 0 fully saturated rings. The summed E-state index contributed by atoms with van der Waals surface area (Å²) in [5.41, 5.74) is 21.1. The van der Waals surface area contributed by atoms with Crippen molar-refractivity contribution in [2.24, 2.45) is 17.2 Å². The van der Waals surface area contributed by atoms with Crippen LogP contribution in [0.1, 0.15) is 44.7 Å². The van der Waals surface area contributed by atoms with Crippen molar-refractivity contribution in [3.8, 4) is 0 Å². The molecule has 0 spiro atoms. The molecular formula is C29H36ClN4O4+. The molecule has 8 N–H and O–H groups in total. The largest absolute Gasteiger partial charge is 0.395 e. The Morgan fingerprint density at radius 1 is 0.842 bits per heavy atom. The molecule has 2 amide bonds. The molecule has 0 aliphatic rings. The van der Waals surface area contributed by atoms with E-state index < -0.39 is 5.91 Å². The number of rotatable bonds is 12. The maximum atomic E-state index is 14.2. The van der Waals surface area contributed by atoms with Gasteiger partial charge in [-0.3, -0.25) is 4.79 Å². The van der Waals surface area contributed by atoms with Gasteiger partial charge < -0.3 is 27.4 Å². The van der Waals surface area contributed by atoms with E-state index in [1.807, 2.05) is 30.3 Å². The summed E-state index contributed by atoms with van der Waals surface area (Å²) in [4.78, 5) is 26.8. The number of hydrogen-bond acceptors (Lipinski definition) is 6. The molecule has 0 saturated heterocycles. The van der Waals surface area contributed by atoms with E-state index in [1.165, 1.54) is 0 Å². The molecule has 0 bridgehead atoms. The first-order valence-electron chi connectivity index (χ1n) is 12.5. The zero-order valence-electron chi connectivity index (χ0n) is 21.5. The quantitative estimate of drug-likeness (QED) is 0.223. The van der Waals surface area contributed by atoms with E-state index in [1.54, 1.807) is 43.4 Å². The average molecular weight is 540 g/mol. The molecule has 38 heavy (non-hydrogen) atoms. The fourth-order valence-electron chi connectivity index (χ4n) is 4.37. The Morgan fingerprint density at radius 3 is 1.89 bits per heavy atom. The number of nitrogens with zero attached hydrogens (tertiary/aromatic N) is 1. The van der Waals surface area contributed by atoms with Crippen LogP contribution in [0.4, 0.5) is 11.4 Å². The minimum atomic E-state index is -0.651. The molecule has 1 unspecified atom stereocenters. The number of nitrogens with two attached hydrogens (primary N) is 3. The molecule has 8 nitrogen and oxygen atoms in total. The smallest absolute Gasteiger partial charge is 0.355 e. The van der Waals surface area contributed by atoms with Gasteiger partial charge in [0.2, 0.25) is 0 Å². The van der Waals surface area contributed by atoms with Crippen LogP contribution in [0.25, 0.3) is 0 Å². The van der Waals surface area contributed by atoms with E-state index in [9.17, 15) is 19.8 Å². The first-order valence-corrected chi connectivity index (χ1v) is 12.9. The third-order valence-electron chi connectivity index (χ3n) is 6.84. The molecular weight excluding hydrogens is 504 g/mol. The number of benzene rings is 3. The number of quaternary nitrogens is 1. The second-order valence-electron chi connectivity index (χ2n) is 9.66. The predicted molar refractivity (Wildman–Crippen MR) is 151 cm³/mol. The van der Waals surface area contributed by atoms with Gasteiger partial charge in [0.15, 0.2) is 5.69 Å². The van der Waals surface area contributed by atoms with Crippen LogP contribution in [0.2, 0.25) is 5.02 Å². The maximum absolute atomic E-state index is 14.2. The number of aliphatic hydroxyl groups is 2. The summed E-state index contributed by atoms with van der Waals surface area (Å²) in [7, 11) is 1.73. The molecule has 3 aromatic rings. The van der Waals surface area contributed by atoms with Gasteiger partial charge in [-0.15, -0.1) is 0 Å². The Balaban J connectivity index is 2.15. The van der Waals surface area contributed by atoms with E-state index in [0.717, 1.165) is 11.1 Å². The number of hydrogen-bond donors (Lipinski definition) is 5. The maximum Gasteiger partial charge on any atom is 0.355 e. The Morgan fingerprint density at radius 2 is 1.37 bits per heavy atom. The number of aryl methyl sites for hydroxylation is 2. The van der Waals surface area contributed by atoms with Gasteiger partial charge in [-0.2, -0.15) is 4.48 Å². The first-order chi connectivity index (χ1) is 18.1.